The summed E-state index contributed by atoms with van der Waals surface area (Å²) in [4.78, 5) is 47.4. The number of carbonyl (C=O) groups is 2. The quantitative estimate of drug-likeness (QED) is 0.616. The molecule has 1 saturated carbocycles. The van der Waals surface area contributed by atoms with Gasteiger partial charge in [-0.2, -0.15) is 4.39 Å². The molecule has 0 aromatic carbocycles. The average Bonchev–Trinajstić information content (AvgIpc) is 2.92. The van der Waals surface area contributed by atoms with Crippen molar-refractivity contribution in [2.75, 3.05) is 6.61 Å². The van der Waals surface area contributed by atoms with Crippen LogP contribution in [0.5, 0.6) is 0 Å². The molecular weight excluding hydrogens is 343 g/mol. The molecule has 1 aromatic heterocycles. The molecule has 0 amide bonds. The third-order valence-electron chi connectivity index (χ3n) is 4.35. The van der Waals surface area contributed by atoms with Crippen LogP contribution in [0.15, 0.2) is 15.8 Å². The van der Waals surface area contributed by atoms with Gasteiger partial charge in [0.25, 0.3) is 5.56 Å². The lowest BCUT2D eigenvalue weighted by atomic mass is 9.99. The van der Waals surface area contributed by atoms with Crippen molar-refractivity contribution in [3.63, 3.8) is 0 Å². The third kappa shape index (κ3) is 2.65. The Hall–Kier alpha value is -2.53. The second-order valence-corrected chi connectivity index (χ2v) is 5.96. The molecule has 1 unspecified atom stereocenters. The summed E-state index contributed by atoms with van der Waals surface area (Å²) in [6, 6.07) is 0. The van der Waals surface area contributed by atoms with Crippen LogP contribution in [0.2, 0.25) is 0 Å². The molecule has 0 spiro atoms. The van der Waals surface area contributed by atoms with Crippen LogP contribution < -0.4 is 11.2 Å². The number of carbonyl (C=O) groups excluding carboxylic acids is 2. The van der Waals surface area contributed by atoms with Crippen molar-refractivity contribution >= 4 is 11.9 Å². The molecule has 3 rings (SSSR count). The minimum atomic E-state index is -1.30. The molecule has 2 heterocycles. The smallest absolute Gasteiger partial charge is 0.330 e. The number of esters is 2. The number of nitrogens with zero attached hydrogens (tertiary/aromatic N) is 1. The maximum absolute atomic E-state index is 13.6. The molecule has 0 bridgehead atoms. The van der Waals surface area contributed by atoms with Gasteiger partial charge in [0, 0.05) is 13.8 Å². The van der Waals surface area contributed by atoms with Gasteiger partial charge in [-0.05, 0) is 0 Å². The Morgan fingerprint density at radius 3 is 2.68 bits per heavy atom. The molecule has 0 radical (unpaired) electrons. The van der Waals surface area contributed by atoms with Crippen LogP contribution in [0, 0.1) is 11.2 Å². The lowest BCUT2D eigenvalue weighted by Gasteiger charge is -2.28. The minimum Gasteiger partial charge on any atom is -0.465 e. The highest BCUT2D eigenvalue weighted by Gasteiger charge is 2.79. The van der Waals surface area contributed by atoms with Gasteiger partial charge in [-0.15, -0.1) is 0 Å². The molecule has 25 heavy (non-hydrogen) atoms. The van der Waals surface area contributed by atoms with Crippen LogP contribution in [0.25, 0.3) is 0 Å². The fourth-order valence-corrected chi connectivity index (χ4v) is 3.11. The summed E-state index contributed by atoms with van der Waals surface area (Å²) in [5.41, 5.74) is -3.45. The predicted octanol–water partition coefficient (Wildman–Crippen LogP) is -1.57. The lowest BCUT2D eigenvalue weighted by Crippen LogP contribution is -2.43. The highest BCUT2D eigenvalue weighted by Crippen LogP contribution is 2.61. The van der Waals surface area contributed by atoms with Crippen molar-refractivity contribution in [2.45, 2.75) is 38.4 Å². The zero-order valence-electron chi connectivity index (χ0n) is 13.2. The summed E-state index contributed by atoms with van der Waals surface area (Å²) in [7, 11) is 0. The molecule has 1 aliphatic carbocycles. The van der Waals surface area contributed by atoms with Crippen LogP contribution in [0.4, 0.5) is 4.39 Å². The first-order valence-electron chi connectivity index (χ1n) is 7.33. The van der Waals surface area contributed by atoms with Crippen molar-refractivity contribution in [1.29, 1.82) is 0 Å². The van der Waals surface area contributed by atoms with Crippen LogP contribution in [0.1, 0.15) is 20.1 Å². The van der Waals surface area contributed by atoms with Crippen LogP contribution in [0.3, 0.4) is 0 Å². The van der Waals surface area contributed by atoms with Crippen molar-refractivity contribution in [3.05, 3.63) is 32.9 Å². The number of aliphatic hydroxyl groups excluding tert-OH is 1. The van der Waals surface area contributed by atoms with Gasteiger partial charge in [0.05, 0.1) is 12.3 Å². The number of rotatable bonds is 4. The normalized spacial score (nSPS) is 32.8. The maximum Gasteiger partial charge on any atom is 0.330 e. The zero-order chi connectivity index (χ0) is 18.5. The Morgan fingerprint density at radius 1 is 1.40 bits per heavy atom. The zero-order valence-corrected chi connectivity index (χ0v) is 13.2. The number of H-pyrrole nitrogens is 1. The predicted molar refractivity (Wildman–Crippen MR) is 75.8 cm³/mol. The average molecular weight is 358 g/mol. The van der Waals surface area contributed by atoms with Gasteiger partial charge in [0.1, 0.15) is 18.1 Å². The fourth-order valence-electron chi connectivity index (χ4n) is 3.11. The largest absolute Gasteiger partial charge is 0.465 e. The number of nitrogens with one attached hydrogen (secondary N) is 1. The number of halogens is 1. The maximum atomic E-state index is 13.6. The van der Waals surface area contributed by atoms with E-state index in [9.17, 15) is 28.7 Å². The Kier molecular flexibility index (Phi) is 4.00. The van der Waals surface area contributed by atoms with Crippen LogP contribution in [-0.4, -0.2) is 51.5 Å². The molecule has 11 heteroatoms. The van der Waals surface area contributed by atoms with Crippen molar-refractivity contribution < 1.29 is 33.3 Å². The van der Waals surface area contributed by atoms with Gasteiger partial charge in [0.2, 0.25) is 5.82 Å². The molecule has 1 saturated heterocycles. The summed E-state index contributed by atoms with van der Waals surface area (Å²) >= 11 is 0. The van der Waals surface area contributed by atoms with Gasteiger partial charge in [0.15, 0.2) is 12.3 Å². The van der Waals surface area contributed by atoms with Gasteiger partial charge in [-0.1, -0.05) is 0 Å². The van der Waals surface area contributed by atoms with Crippen LogP contribution in [-0.2, 0) is 23.8 Å². The first-order chi connectivity index (χ1) is 11.7. The number of hydrogen-bond donors (Lipinski definition) is 2. The second kappa shape index (κ2) is 5.77. The van der Waals surface area contributed by atoms with E-state index in [2.05, 4.69) is 0 Å². The van der Waals surface area contributed by atoms with Crippen molar-refractivity contribution in [3.8, 4) is 0 Å². The van der Waals surface area contributed by atoms with E-state index in [-0.39, 0.29) is 6.61 Å². The Balaban J connectivity index is 2.00. The summed E-state index contributed by atoms with van der Waals surface area (Å²) in [6.07, 6.45) is -3.89. The molecule has 2 fully saturated rings. The number of aromatic nitrogens is 2. The monoisotopic (exact) mass is 358 g/mol. The Morgan fingerprint density at radius 2 is 2.08 bits per heavy atom. The van der Waals surface area contributed by atoms with E-state index in [1.807, 2.05) is 0 Å². The van der Waals surface area contributed by atoms with Crippen molar-refractivity contribution in [1.82, 2.24) is 9.55 Å². The molecule has 5 atom stereocenters. The standard InChI is InChI=1S/C14H15FN2O8/c1-5(18)23-4-14-8(20)9(14)25-12(10(14)24-6(2)19)17-3-7(15)11(21)16-13(17)22/h3,8-10,12,20H,4H2,1-2H3,(H,16,21,22)/t8?,9-,10+,12-,14+/m1/s1. The molecule has 1 aromatic rings. The summed E-state index contributed by atoms with van der Waals surface area (Å²) in [5.74, 6) is -2.59. The highest BCUT2D eigenvalue weighted by atomic mass is 19.1. The minimum absolute atomic E-state index is 0.316. The van der Waals surface area contributed by atoms with E-state index in [0.29, 0.717) is 6.20 Å². The molecule has 136 valence electrons. The van der Waals surface area contributed by atoms with Crippen molar-refractivity contribution in [2.24, 2.45) is 5.41 Å². The summed E-state index contributed by atoms with van der Waals surface area (Å²) in [6.45, 7) is 1.95. The van der Waals surface area contributed by atoms with E-state index < -0.39 is 59.0 Å². The lowest BCUT2D eigenvalue weighted by molar-refractivity contribution is -0.166. The van der Waals surface area contributed by atoms with Gasteiger partial charge < -0.3 is 19.3 Å². The third-order valence-corrected chi connectivity index (χ3v) is 4.35. The van der Waals surface area contributed by atoms with Crippen LogP contribution >= 0.6 is 0 Å². The molecule has 2 N–H and O–H groups in total. The fraction of sp³-hybridized carbons (Fsp3) is 0.571. The summed E-state index contributed by atoms with van der Waals surface area (Å²) < 4.78 is 29.9. The Bertz CT molecular complexity index is 848. The number of aliphatic hydroxyl groups is 1. The topological polar surface area (TPSA) is 137 Å². The number of aromatic amines is 1. The number of fused-ring (bicyclic) bond motifs is 1. The van der Waals surface area contributed by atoms with Gasteiger partial charge in [-0.25, -0.2) is 4.79 Å². The first-order valence-corrected chi connectivity index (χ1v) is 7.33. The van der Waals surface area contributed by atoms with Gasteiger partial charge >= 0.3 is 17.6 Å². The number of hydrogen-bond acceptors (Lipinski definition) is 8. The number of ether oxygens (including phenoxy) is 3. The van der Waals surface area contributed by atoms with E-state index in [1.54, 1.807) is 4.98 Å². The van der Waals surface area contributed by atoms with E-state index in [1.165, 1.54) is 0 Å². The molecule has 2 aliphatic rings. The van der Waals surface area contributed by atoms with E-state index >= 15 is 0 Å². The first kappa shape index (κ1) is 17.3. The van der Waals surface area contributed by atoms with E-state index in [0.717, 1.165) is 18.4 Å². The highest BCUT2D eigenvalue weighted by molar-refractivity contribution is 5.67. The summed E-state index contributed by atoms with van der Waals surface area (Å²) in [5, 5.41) is 10.1. The second-order valence-electron chi connectivity index (χ2n) is 5.96. The molecule has 1 aliphatic heterocycles. The SMILES string of the molecule is CC(=O)OC[C@]12C(O)[C@H]1O[C@@H](n1cc(F)c(=O)[nH]c1=O)[C@@H]2OC(C)=O. The van der Waals surface area contributed by atoms with E-state index in [4.69, 9.17) is 14.2 Å². The molecular formula is C14H15FN2O8. The molecule has 10 nitrogen and oxygen atoms in total. The van der Waals surface area contributed by atoms with Gasteiger partial charge in [-0.3, -0.25) is 23.9 Å². The Labute approximate surface area is 139 Å².